The molecule has 2 nitrogen and oxygen atoms in total. The highest BCUT2D eigenvalue weighted by Crippen LogP contribution is 2.20. The largest absolute Gasteiger partial charge is 0.358 e. The molecular formula is C8H13ClN2S2. The predicted molar refractivity (Wildman–Crippen MR) is 63.2 cm³/mol. The summed E-state index contributed by atoms with van der Waals surface area (Å²) in [6.07, 6.45) is 0. The van der Waals surface area contributed by atoms with Gasteiger partial charge in [0.2, 0.25) is 0 Å². The molecule has 1 atom stereocenters. The second-order valence-corrected chi connectivity index (χ2v) is 5.24. The fraction of sp³-hybridized carbons (Fsp3) is 0.625. The van der Waals surface area contributed by atoms with Crippen LogP contribution in [0.25, 0.3) is 0 Å². The Morgan fingerprint density at radius 1 is 1.77 bits per heavy atom. The van der Waals surface area contributed by atoms with E-state index in [1.54, 1.807) is 11.3 Å². The Labute approximate surface area is 92.1 Å². The van der Waals surface area contributed by atoms with Gasteiger partial charge in [-0.05, 0) is 12.7 Å². The Bertz CT molecular complexity index is 252. The molecule has 1 unspecified atom stereocenters. The van der Waals surface area contributed by atoms with Crippen LogP contribution in [-0.4, -0.2) is 22.5 Å². The fourth-order valence-electron chi connectivity index (χ4n) is 0.868. The second kappa shape index (κ2) is 5.73. The van der Waals surface area contributed by atoms with Crippen molar-refractivity contribution < 1.29 is 0 Å². The van der Waals surface area contributed by atoms with Gasteiger partial charge in [0.1, 0.15) is 5.15 Å². The molecule has 0 bridgehead atoms. The molecule has 1 rings (SSSR count). The normalized spacial score (nSPS) is 12.8. The first kappa shape index (κ1) is 11.1. The molecule has 0 aliphatic rings. The number of anilines is 1. The minimum Gasteiger partial charge on any atom is -0.358 e. The van der Waals surface area contributed by atoms with E-state index < -0.39 is 0 Å². The minimum absolute atomic E-state index is 0.451. The van der Waals surface area contributed by atoms with E-state index in [9.17, 15) is 0 Å². The Morgan fingerprint density at radius 3 is 3.08 bits per heavy atom. The van der Waals surface area contributed by atoms with Crippen LogP contribution < -0.4 is 5.32 Å². The number of nitrogens with one attached hydrogen (secondary N) is 1. The molecule has 1 aromatic heterocycles. The van der Waals surface area contributed by atoms with Gasteiger partial charge in [-0.1, -0.05) is 18.5 Å². The van der Waals surface area contributed by atoms with E-state index in [4.69, 9.17) is 11.6 Å². The van der Waals surface area contributed by atoms with Crippen molar-refractivity contribution in [2.75, 3.05) is 16.8 Å². The molecule has 0 aliphatic carbocycles. The van der Waals surface area contributed by atoms with Crippen molar-refractivity contribution in [1.29, 1.82) is 0 Å². The summed E-state index contributed by atoms with van der Waals surface area (Å²) >= 11 is 9.17. The molecule has 0 amide bonds. The van der Waals surface area contributed by atoms with Crippen molar-refractivity contribution in [1.82, 2.24) is 4.98 Å². The summed E-state index contributed by atoms with van der Waals surface area (Å²) < 4.78 is 0. The Hall–Kier alpha value is 0.0700. The predicted octanol–water partition coefficient (Wildman–Crippen LogP) is 3.35. The summed E-state index contributed by atoms with van der Waals surface area (Å²) in [5.74, 6) is 2.26. The van der Waals surface area contributed by atoms with Crippen molar-refractivity contribution in [3.63, 3.8) is 0 Å². The Morgan fingerprint density at radius 2 is 2.54 bits per heavy atom. The second-order valence-electron chi connectivity index (χ2n) is 2.68. The zero-order chi connectivity index (χ0) is 9.68. The molecule has 1 heterocycles. The van der Waals surface area contributed by atoms with Crippen LogP contribution in [0.1, 0.15) is 13.8 Å². The van der Waals surface area contributed by atoms with E-state index in [0.29, 0.717) is 11.2 Å². The van der Waals surface area contributed by atoms with Crippen LogP contribution in [0, 0.1) is 0 Å². The minimum atomic E-state index is 0.451. The van der Waals surface area contributed by atoms with Crippen molar-refractivity contribution in [2.24, 2.45) is 0 Å². The summed E-state index contributed by atoms with van der Waals surface area (Å²) in [5.41, 5.74) is 0. The number of hydrogen-bond acceptors (Lipinski definition) is 4. The number of rotatable bonds is 5. The van der Waals surface area contributed by atoms with E-state index in [0.717, 1.165) is 16.6 Å². The third-order valence-electron chi connectivity index (χ3n) is 1.42. The highest BCUT2D eigenvalue weighted by atomic mass is 35.5. The van der Waals surface area contributed by atoms with Crippen LogP contribution in [0.2, 0.25) is 5.15 Å². The highest BCUT2D eigenvalue weighted by molar-refractivity contribution is 7.99. The molecule has 0 saturated carbocycles. The van der Waals surface area contributed by atoms with Gasteiger partial charge in [0.05, 0.1) is 0 Å². The lowest BCUT2D eigenvalue weighted by Gasteiger charge is -2.10. The van der Waals surface area contributed by atoms with Gasteiger partial charge < -0.3 is 5.32 Å². The lowest BCUT2D eigenvalue weighted by atomic mass is 10.4. The number of thioether (sulfide) groups is 1. The average Bonchev–Trinajstić information content (AvgIpc) is 2.48. The maximum Gasteiger partial charge on any atom is 0.184 e. The lowest BCUT2D eigenvalue weighted by Crippen LogP contribution is -2.17. The maximum absolute atomic E-state index is 5.70. The van der Waals surface area contributed by atoms with Crippen molar-refractivity contribution >= 4 is 39.8 Å². The summed E-state index contributed by atoms with van der Waals surface area (Å²) in [6.45, 7) is 4.32. The number of halogens is 1. The van der Waals surface area contributed by atoms with Crippen LogP contribution >= 0.6 is 34.7 Å². The first-order chi connectivity index (χ1) is 6.22. The quantitative estimate of drug-likeness (QED) is 0.849. The zero-order valence-corrected chi connectivity index (χ0v) is 10.1. The van der Waals surface area contributed by atoms with E-state index in [1.807, 2.05) is 17.1 Å². The summed E-state index contributed by atoms with van der Waals surface area (Å²) in [4.78, 5) is 4.12. The molecule has 0 fully saturated rings. The first-order valence-corrected chi connectivity index (χ1v) is 6.59. The van der Waals surface area contributed by atoms with Crippen LogP contribution in [0.4, 0.5) is 5.13 Å². The van der Waals surface area contributed by atoms with Gasteiger partial charge in [-0.25, -0.2) is 4.98 Å². The summed E-state index contributed by atoms with van der Waals surface area (Å²) in [6, 6.07) is 0.451. The third-order valence-corrected chi connectivity index (χ3v) is 3.66. The topological polar surface area (TPSA) is 24.9 Å². The number of aromatic nitrogens is 1. The highest BCUT2D eigenvalue weighted by Gasteiger charge is 2.04. The van der Waals surface area contributed by atoms with Crippen LogP contribution in [0.15, 0.2) is 5.38 Å². The molecule has 0 saturated heterocycles. The smallest absolute Gasteiger partial charge is 0.184 e. The Balaban J connectivity index is 2.31. The van der Waals surface area contributed by atoms with Crippen molar-refractivity contribution in [3.05, 3.63) is 10.5 Å². The van der Waals surface area contributed by atoms with Gasteiger partial charge in [0.25, 0.3) is 0 Å². The van der Waals surface area contributed by atoms with Gasteiger partial charge in [-0.15, -0.1) is 11.3 Å². The van der Waals surface area contributed by atoms with Gasteiger partial charge in [0.15, 0.2) is 5.13 Å². The first-order valence-electron chi connectivity index (χ1n) is 4.17. The maximum atomic E-state index is 5.70. The standard InChI is InChI=1S/C8H13ClN2S2/c1-3-12-4-6(2)10-8-11-7(9)5-13-8/h5-6H,3-4H2,1-2H3,(H,10,11). The van der Waals surface area contributed by atoms with Crippen LogP contribution in [-0.2, 0) is 0 Å². The van der Waals surface area contributed by atoms with E-state index in [1.165, 1.54) is 0 Å². The van der Waals surface area contributed by atoms with Crippen LogP contribution in [0.5, 0.6) is 0 Å². The van der Waals surface area contributed by atoms with Gasteiger partial charge in [0, 0.05) is 17.2 Å². The number of hydrogen-bond donors (Lipinski definition) is 1. The lowest BCUT2D eigenvalue weighted by molar-refractivity contribution is 0.910. The molecule has 0 spiro atoms. The molecule has 0 radical (unpaired) electrons. The SMILES string of the molecule is CCSCC(C)Nc1nc(Cl)cs1. The van der Waals surface area contributed by atoms with Crippen LogP contribution in [0.3, 0.4) is 0 Å². The van der Waals surface area contributed by atoms with E-state index in [-0.39, 0.29) is 0 Å². The molecule has 5 heteroatoms. The fourth-order valence-corrected chi connectivity index (χ4v) is 2.49. The van der Waals surface area contributed by atoms with E-state index >= 15 is 0 Å². The summed E-state index contributed by atoms with van der Waals surface area (Å²) in [5, 5.41) is 6.62. The molecular weight excluding hydrogens is 224 g/mol. The monoisotopic (exact) mass is 236 g/mol. The van der Waals surface area contributed by atoms with E-state index in [2.05, 4.69) is 24.1 Å². The van der Waals surface area contributed by atoms with Crippen molar-refractivity contribution in [2.45, 2.75) is 19.9 Å². The van der Waals surface area contributed by atoms with Gasteiger partial charge in [-0.2, -0.15) is 11.8 Å². The van der Waals surface area contributed by atoms with Crippen molar-refractivity contribution in [3.8, 4) is 0 Å². The molecule has 1 N–H and O–H groups in total. The zero-order valence-electron chi connectivity index (χ0n) is 7.71. The molecule has 1 aromatic rings. The molecule has 74 valence electrons. The number of nitrogens with zero attached hydrogens (tertiary/aromatic N) is 1. The molecule has 13 heavy (non-hydrogen) atoms. The molecule has 0 aromatic carbocycles. The summed E-state index contributed by atoms with van der Waals surface area (Å²) in [7, 11) is 0. The molecule has 0 aliphatic heterocycles. The Kier molecular flexibility index (Phi) is 4.91. The van der Waals surface area contributed by atoms with Gasteiger partial charge >= 0.3 is 0 Å². The van der Waals surface area contributed by atoms with Gasteiger partial charge in [-0.3, -0.25) is 0 Å². The third kappa shape index (κ3) is 4.20. The number of thiazole rings is 1. The average molecular weight is 237 g/mol.